The average molecular weight is 260 g/mol. The second-order valence-corrected chi connectivity index (χ2v) is 5.74. The van der Waals surface area contributed by atoms with E-state index in [1.54, 1.807) is 20.0 Å². The minimum Gasteiger partial charge on any atom is -0.334 e. The van der Waals surface area contributed by atoms with Gasteiger partial charge in [-0.25, -0.2) is 18.1 Å². The molecule has 1 unspecified atom stereocenters. The van der Waals surface area contributed by atoms with Crippen molar-refractivity contribution in [3.05, 3.63) is 12.0 Å². The summed E-state index contributed by atoms with van der Waals surface area (Å²) in [5.41, 5.74) is 5.39. The van der Waals surface area contributed by atoms with Crippen LogP contribution in [0.25, 0.3) is 0 Å². The summed E-state index contributed by atoms with van der Waals surface area (Å²) in [4.78, 5) is 4.06. The van der Waals surface area contributed by atoms with Gasteiger partial charge in [-0.3, -0.25) is 0 Å². The number of nitrogens with two attached hydrogens (primary N) is 1. The highest BCUT2D eigenvalue weighted by Crippen LogP contribution is 2.10. The summed E-state index contributed by atoms with van der Waals surface area (Å²) >= 11 is 0. The molecule has 0 aliphatic carbocycles. The molecule has 1 rings (SSSR count). The van der Waals surface area contributed by atoms with E-state index in [-0.39, 0.29) is 17.6 Å². The monoisotopic (exact) mass is 260 g/mol. The minimum atomic E-state index is -3.55. The predicted molar refractivity (Wildman–Crippen MR) is 66.1 cm³/mol. The van der Waals surface area contributed by atoms with Crippen LogP contribution in [0.4, 0.5) is 0 Å². The zero-order valence-electron chi connectivity index (χ0n) is 10.5. The summed E-state index contributed by atoms with van der Waals surface area (Å²) in [5, 5.41) is 0.0590. The first-order valence-electron chi connectivity index (χ1n) is 5.67. The maximum Gasteiger partial charge on any atom is 0.259 e. The molecule has 0 amide bonds. The Morgan fingerprint density at radius 2 is 2.24 bits per heavy atom. The SMILES string of the molecule is CCCn1cc(S(=O)(=O)NC(C)CN)nc1C. The molecule has 0 fully saturated rings. The van der Waals surface area contributed by atoms with Gasteiger partial charge in [0, 0.05) is 25.3 Å². The highest BCUT2D eigenvalue weighted by Gasteiger charge is 2.20. The van der Waals surface area contributed by atoms with Crippen LogP contribution in [0.1, 0.15) is 26.1 Å². The molecule has 0 aliphatic rings. The maximum atomic E-state index is 11.9. The van der Waals surface area contributed by atoms with Gasteiger partial charge >= 0.3 is 0 Å². The Labute approximate surface area is 102 Å². The average Bonchev–Trinajstić information content (AvgIpc) is 2.61. The van der Waals surface area contributed by atoms with E-state index in [0.717, 1.165) is 13.0 Å². The van der Waals surface area contributed by atoms with Crippen molar-refractivity contribution in [1.82, 2.24) is 14.3 Å². The maximum absolute atomic E-state index is 11.9. The molecule has 1 aromatic rings. The Bertz CT molecular complexity index is 467. The van der Waals surface area contributed by atoms with Crippen LogP contribution in [0.5, 0.6) is 0 Å². The molecule has 1 atom stereocenters. The Morgan fingerprint density at radius 3 is 2.76 bits per heavy atom. The second kappa shape index (κ2) is 5.61. The van der Waals surface area contributed by atoms with Crippen LogP contribution in [-0.4, -0.2) is 30.6 Å². The van der Waals surface area contributed by atoms with E-state index in [4.69, 9.17) is 5.73 Å². The number of sulfonamides is 1. The lowest BCUT2D eigenvalue weighted by Gasteiger charge is -2.09. The first-order valence-corrected chi connectivity index (χ1v) is 7.15. The van der Waals surface area contributed by atoms with Gasteiger partial charge in [0.05, 0.1) is 0 Å². The van der Waals surface area contributed by atoms with Crippen LogP contribution in [0.3, 0.4) is 0 Å². The predicted octanol–water partition coefficient (Wildman–Crippen LogP) is 0.227. The lowest BCUT2D eigenvalue weighted by atomic mass is 10.4. The van der Waals surface area contributed by atoms with Gasteiger partial charge in [-0.2, -0.15) is 0 Å². The Balaban J connectivity index is 2.95. The van der Waals surface area contributed by atoms with Gasteiger partial charge in [0.1, 0.15) is 5.82 Å². The fourth-order valence-corrected chi connectivity index (χ4v) is 2.71. The largest absolute Gasteiger partial charge is 0.334 e. The first kappa shape index (κ1) is 14.1. The normalized spacial score (nSPS) is 13.9. The molecule has 0 aliphatic heterocycles. The number of aryl methyl sites for hydroxylation is 2. The van der Waals surface area contributed by atoms with E-state index in [9.17, 15) is 8.42 Å². The van der Waals surface area contributed by atoms with E-state index in [1.807, 2.05) is 11.5 Å². The van der Waals surface area contributed by atoms with Crippen LogP contribution in [0.15, 0.2) is 11.2 Å². The molecule has 7 heteroatoms. The van der Waals surface area contributed by atoms with Gasteiger partial charge in [-0.1, -0.05) is 6.92 Å². The van der Waals surface area contributed by atoms with Crippen molar-refractivity contribution < 1.29 is 8.42 Å². The lowest BCUT2D eigenvalue weighted by Crippen LogP contribution is -2.37. The Morgan fingerprint density at radius 1 is 1.59 bits per heavy atom. The molecular formula is C10H20N4O2S. The molecule has 0 saturated carbocycles. The number of hydrogen-bond donors (Lipinski definition) is 2. The van der Waals surface area contributed by atoms with Crippen LogP contribution in [0.2, 0.25) is 0 Å². The van der Waals surface area contributed by atoms with E-state index in [0.29, 0.717) is 5.82 Å². The topological polar surface area (TPSA) is 90.0 Å². The van der Waals surface area contributed by atoms with Crippen molar-refractivity contribution in [2.75, 3.05) is 6.54 Å². The third kappa shape index (κ3) is 3.52. The van der Waals surface area contributed by atoms with Crippen molar-refractivity contribution >= 4 is 10.0 Å². The zero-order chi connectivity index (χ0) is 13.1. The quantitative estimate of drug-likeness (QED) is 0.766. The molecule has 0 spiro atoms. The first-order chi connectivity index (χ1) is 7.90. The zero-order valence-corrected chi connectivity index (χ0v) is 11.3. The minimum absolute atomic E-state index is 0.0590. The number of rotatable bonds is 6. The molecule has 1 heterocycles. The van der Waals surface area contributed by atoms with Crippen LogP contribution in [0, 0.1) is 6.92 Å². The summed E-state index contributed by atoms with van der Waals surface area (Å²) in [6, 6.07) is -0.295. The molecule has 0 bridgehead atoms. The molecule has 0 saturated heterocycles. The fourth-order valence-electron chi connectivity index (χ4n) is 1.45. The van der Waals surface area contributed by atoms with Crippen molar-refractivity contribution in [2.24, 2.45) is 5.73 Å². The fraction of sp³-hybridized carbons (Fsp3) is 0.700. The van der Waals surface area contributed by atoms with Crippen molar-refractivity contribution in [3.63, 3.8) is 0 Å². The van der Waals surface area contributed by atoms with Gasteiger partial charge in [0.15, 0.2) is 5.03 Å². The summed E-state index contributed by atoms with van der Waals surface area (Å²) in [6.07, 6.45) is 2.49. The van der Waals surface area contributed by atoms with Crippen LogP contribution < -0.4 is 10.5 Å². The summed E-state index contributed by atoms with van der Waals surface area (Å²) < 4.78 is 28.2. The third-order valence-corrected chi connectivity index (χ3v) is 3.86. The molecular weight excluding hydrogens is 240 g/mol. The van der Waals surface area contributed by atoms with Gasteiger partial charge in [0.2, 0.25) is 0 Å². The van der Waals surface area contributed by atoms with Gasteiger partial charge in [-0.15, -0.1) is 0 Å². The second-order valence-electron chi connectivity index (χ2n) is 4.08. The van der Waals surface area contributed by atoms with Crippen LogP contribution >= 0.6 is 0 Å². The van der Waals surface area contributed by atoms with Crippen LogP contribution in [-0.2, 0) is 16.6 Å². The Hall–Kier alpha value is -0.920. The van der Waals surface area contributed by atoms with Crippen molar-refractivity contribution in [3.8, 4) is 0 Å². The highest BCUT2D eigenvalue weighted by atomic mass is 32.2. The molecule has 17 heavy (non-hydrogen) atoms. The number of imidazole rings is 1. The van der Waals surface area contributed by atoms with E-state index in [1.165, 1.54) is 0 Å². The number of nitrogens with zero attached hydrogens (tertiary/aromatic N) is 2. The summed E-state index contributed by atoms with van der Waals surface area (Å²) in [6.45, 7) is 6.56. The van der Waals surface area contributed by atoms with E-state index in [2.05, 4.69) is 9.71 Å². The smallest absolute Gasteiger partial charge is 0.259 e. The van der Waals surface area contributed by atoms with Crippen molar-refractivity contribution in [2.45, 2.75) is 44.8 Å². The molecule has 6 nitrogen and oxygen atoms in total. The molecule has 98 valence electrons. The number of aromatic nitrogens is 2. The third-order valence-electron chi connectivity index (χ3n) is 2.40. The number of hydrogen-bond acceptors (Lipinski definition) is 4. The van der Waals surface area contributed by atoms with Crippen molar-refractivity contribution in [1.29, 1.82) is 0 Å². The lowest BCUT2D eigenvalue weighted by molar-refractivity contribution is 0.559. The molecule has 3 N–H and O–H groups in total. The molecule has 1 aromatic heterocycles. The van der Waals surface area contributed by atoms with Gasteiger partial charge in [-0.05, 0) is 20.3 Å². The van der Waals surface area contributed by atoms with Gasteiger partial charge in [0.25, 0.3) is 10.0 Å². The Kier molecular flexibility index (Phi) is 4.67. The standard InChI is InChI=1S/C10H20N4O2S/c1-4-5-14-7-10(12-9(14)3)17(15,16)13-8(2)6-11/h7-8,13H,4-6,11H2,1-3H3. The number of nitrogens with one attached hydrogen (secondary N) is 1. The highest BCUT2D eigenvalue weighted by molar-refractivity contribution is 7.89. The summed E-state index contributed by atoms with van der Waals surface area (Å²) in [7, 11) is -3.55. The van der Waals surface area contributed by atoms with Gasteiger partial charge < -0.3 is 10.3 Å². The molecule has 0 radical (unpaired) electrons. The van der Waals surface area contributed by atoms with E-state index < -0.39 is 10.0 Å². The molecule has 0 aromatic carbocycles. The summed E-state index contributed by atoms with van der Waals surface area (Å²) in [5.74, 6) is 0.702. The van der Waals surface area contributed by atoms with E-state index >= 15 is 0 Å².